The summed E-state index contributed by atoms with van der Waals surface area (Å²) in [5, 5.41) is 3.16. The molecule has 2 aromatic rings. The number of imidazole rings is 1. The molecule has 0 radical (unpaired) electrons. The van der Waals surface area contributed by atoms with Crippen LogP contribution in [0.1, 0.15) is 11.1 Å². The van der Waals surface area contributed by atoms with Gasteiger partial charge in [0.15, 0.2) is 0 Å². The van der Waals surface area contributed by atoms with Gasteiger partial charge in [0.25, 0.3) is 0 Å². The molecule has 1 aromatic heterocycles. The molecule has 0 saturated carbocycles. The first kappa shape index (κ1) is 12.6. The zero-order valence-electron chi connectivity index (χ0n) is 10.9. The molecule has 96 valence electrons. The van der Waals surface area contributed by atoms with Crippen molar-refractivity contribution in [3.63, 3.8) is 0 Å². The van der Waals surface area contributed by atoms with Gasteiger partial charge in [0.2, 0.25) is 0 Å². The van der Waals surface area contributed by atoms with Crippen molar-refractivity contribution < 1.29 is 4.74 Å². The van der Waals surface area contributed by atoms with Gasteiger partial charge in [-0.25, -0.2) is 4.98 Å². The molecule has 0 atom stereocenters. The molecule has 4 heteroatoms. The molecule has 0 fully saturated rings. The summed E-state index contributed by atoms with van der Waals surface area (Å²) >= 11 is 0. The van der Waals surface area contributed by atoms with Crippen LogP contribution in [0.15, 0.2) is 36.9 Å². The standard InChI is InChI=1S/C14H19N3O/c1-12-3-4-14(13(9-12)10-15-2)18-8-7-17-6-5-16-11-17/h3-6,9,11,15H,7-8,10H2,1-2H3. The van der Waals surface area contributed by atoms with Gasteiger partial charge in [0.1, 0.15) is 12.4 Å². The van der Waals surface area contributed by atoms with Gasteiger partial charge in [-0.05, 0) is 20.0 Å². The second kappa shape index (κ2) is 6.21. The zero-order chi connectivity index (χ0) is 12.8. The van der Waals surface area contributed by atoms with E-state index in [-0.39, 0.29) is 0 Å². The second-order valence-corrected chi connectivity index (χ2v) is 4.29. The number of nitrogens with one attached hydrogen (secondary N) is 1. The van der Waals surface area contributed by atoms with Gasteiger partial charge in [-0.2, -0.15) is 0 Å². The first-order chi connectivity index (χ1) is 8.79. The van der Waals surface area contributed by atoms with E-state index in [9.17, 15) is 0 Å². The highest BCUT2D eigenvalue weighted by Gasteiger charge is 2.03. The number of nitrogens with zero attached hydrogens (tertiary/aromatic N) is 2. The minimum absolute atomic E-state index is 0.649. The summed E-state index contributed by atoms with van der Waals surface area (Å²) < 4.78 is 7.84. The molecule has 0 bridgehead atoms. The number of aromatic nitrogens is 2. The van der Waals surface area contributed by atoms with Crippen molar-refractivity contribution in [1.82, 2.24) is 14.9 Å². The first-order valence-electron chi connectivity index (χ1n) is 6.12. The van der Waals surface area contributed by atoms with E-state index in [2.05, 4.69) is 29.4 Å². The molecule has 1 heterocycles. The summed E-state index contributed by atoms with van der Waals surface area (Å²) in [5.74, 6) is 0.954. The van der Waals surface area contributed by atoms with Gasteiger partial charge < -0.3 is 14.6 Å². The van der Waals surface area contributed by atoms with Crippen molar-refractivity contribution in [2.24, 2.45) is 0 Å². The van der Waals surface area contributed by atoms with Crippen LogP contribution in [0.25, 0.3) is 0 Å². The Labute approximate surface area is 108 Å². The van der Waals surface area contributed by atoms with E-state index in [0.29, 0.717) is 6.61 Å². The summed E-state index contributed by atoms with van der Waals surface area (Å²) in [6.07, 6.45) is 5.51. The fourth-order valence-corrected chi connectivity index (χ4v) is 1.86. The number of hydrogen-bond acceptors (Lipinski definition) is 3. The average molecular weight is 245 g/mol. The van der Waals surface area contributed by atoms with Crippen molar-refractivity contribution in [3.8, 4) is 5.75 Å². The third kappa shape index (κ3) is 3.34. The lowest BCUT2D eigenvalue weighted by molar-refractivity contribution is 0.295. The first-order valence-corrected chi connectivity index (χ1v) is 6.12. The summed E-state index contributed by atoms with van der Waals surface area (Å²) in [6, 6.07) is 6.27. The van der Waals surface area contributed by atoms with Gasteiger partial charge >= 0.3 is 0 Å². The maximum atomic E-state index is 5.83. The van der Waals surface area contributed by atoms with E-state index >= 15 is 0 Å². The van der Waals surface area contributed by atoms with Crippen molar-refractivity contribution in [2.45, 2.75) is 20.0 Å². The lowest BCUT2D eigenvalue weighted by Gasteiger charge is -2.12. The number of benzene rings is 1. The van der Waals surface area contributed by atoms with Crippen LogP contribution in [0.5, 0.6) is 5.75 Å². The van der Waals surface area contributed by atoms with Gasteiger partial charge in [0.05, 0.1) is 12.9 Å². The Balaban J connectivity index is 1.95. The molecule has 2 rings (SSSR count). The summed E-state index contributed by atoms with van der Waals surface area (Å²) in [7, 11) is 1.94. The lowest BCUT2D eigenvalue weighted by Crippen LogP contribution is -2.11. The molecule has 4 nitrogen and oxygen atoms in total. The second-order valence-electron chi connectivity index (χ2n) is 4.29. The number of ether oxygens (including phenoxy) is 1. The molecular weight excluding hydrogens is 226 g/mol. The molecule has 0 aliphatic carbocycles. The minimum atomic E-state index is 0.649. The Kier molecular flexibility index (Phi) is 4.36. The monoisotopic (exact) mass is 245 g/mol. The molecular formula is C14H19N3O. The lowest BCUT2D eigenvalue weighted by atomic mass is 10.1. The molecule has 0 saturated heterocycles. The van der Waals surface area contributed by atoms with Gasteiger partial charge in [0, 0.05) is 24.5 Å². The van der Waals surface area contributed by atoms with Crippen LogP contribution in [-0.2, 0) is 13.1 Å². The predicted octanol–water partition coefficient (Wildman–Crippen LogP) is 1.99. The van der Waals surface area contributed by atoms with E-state index in [4.69, 9.17) is 4.74 Å². The van der Waals surface area contributed by atoms with Crippen molar-refractivity contribution in [3.05, 3.63) is 48.0 Å². The third-order valence-corrected chi connectivity index (χ3v) is 2.75. The largest absolute Gasteiger partial charge is 0.491 e. The molecule has 0 aliphatic rings. The van der Waals surface area contributed by atoms with E-state index in [1.807, 2.05) is 23.9 Å². The maximum absolute atomic E-state index is 5.83. The number of hydrogen-bond donors (Lipinski definition) is 1. The van der Waals surface area contributed by atoms with E-state index in [1.165, 1.54) is 11.1 Å². The molecule has 18 heavy (non-hydrogen) atoms. The molecule has 1 N–H and O–H groups in total. The molecule has 0 spiro atoms. The Hall–Kier alpha value is -1.81. The van der Waals surface area contributed by atoms with Crippen molar-refractivity contribution in [2.75, 3.05) is 13.7 Å². The molecule has 0 unspecified atom stereocenters. The van der Waals surface area contributed by atoms with E-state index in [0.717, 1.165) is 18.8 Å². The van der Waals surface area contributed by atoms with Crippen LogP contribution in [0.3, 0.4) is 0 Å². The van der Waals surface area contributed by atoms with Crippen LogP contribution in [-0.4, -0.2) is 23.2 Å². The van der Waals surface area contributed by atoms with Crippen LogP contribution < -0.4 is 10.1 Å². The SMILES string of the molecule is CNCc1cc(C)ccc1OCCn1ccnc1. The fourth-order valence-electron chi connectivity index (χ4n) is 1.86. The zero-order valence-corrected chi connectivity index (χ0v) is 10.9. The van der Waals surface area contributed by atoms with E-state index < -0.39 is 0 Å². The third-order valence-electron chi connectivity index (χ3n) is 2.75. The van der Waals surface area contributed by atoms with Crippen molar-refractivity contribution >= 4 is 0 Å². The summed E-state index contributed by atoms with van der Waals surface area (Å²) in [4.78, 5) is 4.00. The summed E-state index contributed by atoms with van der Waals surface area (Å²) in [6.45, 7) is 4.37. The molecule has 1 aromatic carbocycles. The van der Waals surface area contributed by atoms with Gasteiger partial charge in [-0.15, -0.1) is 0 Å². The highest BCUT2D eigenvalue weighted by Crippen LogP contribution is 2.19. The summed E-state index contributed by atoms with van der Waals surface area (Å²) in [5.41, 5.74) is 2.45. The highest BCUT2D eigenvalue weighted by atomic mass is 16.5. The van der Waals surface area contributed by atoms with E-state index in [1.54, 1.807) is 12.5 Å². The van der Waals surface area contributed by atoms with Crippen LogP contribution >= 0.6 is 0 Å². The fraction of sp³-hybridized carbons (Fsp3) is 0.357. The van der Waals surface area contributed by atoms with Gasteiger partial charge in [-0.1, -0.05) is 17.7 Å². The normalized spacial score (nSPS) is 10.6. The molecule has 0 aliphatic heterocycles. The minimum Gasteiger partial charge on any atom is -0.491 e. The highest BCUT2D eigenvalue weighted by molar-refractivity contribution is 5.36. The quantitative estimate of drug-likeness (QED) is 0.846. The average Bonchev–Trinajstić information content (AvgIpc) is 2.85. The Morgan fingerprint density at radius 1 is 1.39 bits per heavy atom. The number of aryl methyl sites for hydroxylation is 1. The van der Waals surface area contributed by atoms with Crippen LogP contribution in [0.4, 0.5) is 0 Å². The topological polar surface area (TPSA) is 39.1 Å². The van der Waals surface area contributed by atoms with Crippen LogP contribution in [0.2, 0.25) is 0 Å². The maximum Gasteiger partial charge on any atom is 0.123 e. The Morgan fingerprint density at radius 3 is 3.00 bits per heavy atom. The van der Waals surface area contributed by atoms with Crippen molar-refractivity contribution in [1.29, 1.82) is 0 Å². The Bertz CT molecular complexity index is 480. The number of rotatable bonds is 6. The predicted molar refractivity (Wildman–Crippen MR) is 71.7 cm³/mol. The molecule has 0 amide bonds. The smallest absolute Gasteiger partial charge is 0.123 e. The van der Waals surface area contributed by atoms with Crippen LogP contribution in [0, 0.1) is 6.92 Å². The van der Waals surface area contributed by atoms with Gasteiger partial charge in [-0.3, -0.25) is 0 Å². The Morgan fingerprint density at radius 2 is 2.28 bits per heavy atom.